The van der Waals surface area contributed by atoms with Gasteiger partial charge < -0.3 is 10.6 Å². The molecule has 0 saturated carbocycles. The lowest BCUT2D eigenvalue weighted by molar-refractivity contribution is -0.133. The molecule has 0 fully saturated rings. The number of hydrogen-bond donors (Lipinski definition) is 3. The van der Waals surface area contributed by atoms with Gasteiger partial charge in [-0.1, -0.05) is 43.1 Å². The maximum atomic E-state index is 13.2. The van der Waals surface area contributed by atoms with Gasteiger partial charge in [-0.05, 0) is 91.9 Å². The molecule has 1 aromatic heterocycles. The number of amides is 3. The molecule has 0 atom stereocenters. The van der Waals surface area contributed by atoms with E-state index < -0.39 is 17.7 Å². The van der Waals surface area contributed by atoms with Gasteiger partial charge in [0.1, 0.15) is 5.69 Å². The van der Waals surface area contributed by atoms with E-state index in [0.717, 1.165) is 30.4 Å². The van der Waals surface area contributed by atoms with Gasteiger partial charge in [0.25, 0.3) is 5.91 Å². The Morgan fingerprint density at radius 2 is 1.54 bits per heavy atom. The quantitative estimate of drug-likeness (QED) is 0.255. The second kappa shape index (κ2) is 11.3. The van der Waals surface area contributed by atoms with E-state index in [0.29, 0.717) is 27.3 Å². The SMILES string of the molecule is CCCCc1ccc(NC(=O)C(=O)Nn2c(C(=O)Nc3ccc(C)c(C)c3)cc3cc(Cl)ccc32)cc1. The van der Waals surface area contributed by atoms with Crippen molar-refractivity contribution in [2.24, 2.45) is 0 Å². The molecule has 3 amide bonds. The lowest BCUT2D eigenvalue weighted by atomic mass is 10.1. The van der Waals surface area contributed by atoms with Crippen LogP contribution in [-0.4, -0.2) is 22.4 Å². The molecule has 0 aliphatic carbocycles. The molecule has 3 aromatic carbocycles. The second-order valence-electron chi connectivity index (χ2n) is 9.02. The minimum absolute atomic E-state index is 0.150. The second-order valence-corrected chi connectivity index (χ2v) is 9.45. The molecule has 7 nitrogen and oxygen atoms in total. The van der Waals surface area contributed by atoms with Crippen molar-refractivity contribution in [3.63, 3.8) is 0 Å². The number of hydrogen-bond acceptors (Lipinski definition) is 3. The van der Waals surface area contributed by atoms with E-state index in [-0.39, 0.29) is 5.69 Å². The summed E-state index contributed by atoms with van der Waals surface area (Å²) in [7, 11) is 0. The fraction of sp³-hybridized carbons (Fsp3) is 0.207. The van der Waals surface area contributed by atoms with Crippen LogP contribution in [0.1, 0.15) is 46.9 Å². The number of unbranched alkanes of at least 4 members (excludes halogenated alkanes) is 1. The number of nitrogens with zero attached hydrogens (tertiary/aromatic N) is 1. The number of fused-ring (bicyclic) bond motifs is 1. The van der Waals surface area contributed by atoms with Crippen molar-refractivity contribution in [1.82, 2.24) is 4.68 Å². The largest absolute Gasteiger partial charge is 0.328 e. The number of aromatic nitrogens is 1. The van der Waals surface area contributed by atoms with Gasteiger partial charge in [-0.15, -0.1) is 0 Å². The molecule has 0 aliphatic heterocycles. The molecule has 0 aliphatic rings. The van der Waals surface area contributed by atoms with Crippen molar-refractivity contribution in [1.29, 1.82) is 0 Å². The smallest absolute Gasteiger partial charge is 0.321 e. The molecule has 37 heavy (non-hydrogen) atoms. The Morgan fingerprint density at radius 1 is 0.811 bits per heavy atom. The summed E-state index contributed by atoms with van der Waals surface area (Å²) in [6.07, 6.45) is 3.15. The van der Waals surface area contributed by atoms with Crippen molar-refractivity contribution < 1.29 is 14.4 Å². The van der Waals surface area contributed by atoms with Crippen LogP contribution in [0, 0.1) is 13.8 Å². The topological polar surface area (TPSA) is 92.2 Å². The highest BCUT2D eigenvalue weighted by Crippen LogP contribution is 2.24. The number of halogens is 1. The lowest BCUT2D eigenvalue weighted by Gasteiger charge is -2.13. The van der Waals surface area contributed by atoms with Crippen LogP contribution in [0.5, 0.6) is 0 Å². The average Bonchev–Trinajstić information content (AvgIpc) is 3.23. The van der Waals surface area contributed by atoms with Crippen molar-refractivity contribution >= 4 is 51.6 Å². The number of anilines is 2. The Hall–Kier alpha value is -4.10. The zero-order valence-electron chi connectivity index (χ0n) is 21.0. The normalized spacial score (nSPS) is 10.8. The molecular formula is C29H29ClN4O3. The molecule has 1 heterocycles. The zero-order valence-corrected chi connectivity index (χ0v) is 21.8. The predicted molar refractivity (Wildman–Crippen MR) is 149 cm³/mol. The van der Waals surface area contributed by atoms with Crippen LogP contribution in [0.2, 0.25) is 5.02 Å². The van der Waals surface area contributed by atoms with Crippen molar-refractivity contribution in [2.45, 2.75) is 40.0 Å². The summed E-state index contributed by atoms with van der Waals surface area (Å²) >= 11 is 6.15. The molecule has 8 heteroatoms. The van der Waals surface area contributed by atoms with Crippen molar-refractivity contribution in [3.8, 4) is 0 Å². The Morgan fingerprint density at radius 3 is 2.24 bits per heavy atom. The number of nitrogens with one attached hydrogen (secondary N) is 3. The van der Waals surface area contributed by atoms with Gasteiger partial charge in [0.05, 0.1) is 5.52 Å². The first kappa shape index (κ1) is 26.0. The van der Waals surface area contributed by atoms with E-state index in [2.05, 4.69) is 23.0 Å². The summed E-state index contributed by atoms with van der Waals surface area (Å²) in [6.45, 7) is 6.08. The number of aryl methyl sites for hydroxylation is 3. The Labute approximate surface area is 220 Å². The zero-order chi connectivity index (χ0) is 26.5. The number of carbonyl (C=O) groups excluding carboxylic acids is 3. The highest BCUT2D eigenvalue weighted by Gasteiger charge is 2.21. The summed E-state index contributed by atoms with van der Waals surface area (Å²) in [5, 5.41) is 6.59. The summed E-state index contributed by atoms with van der Waals surface area (Å²) in [4.78, 5) is 38.7. The van der Waals surface area contributed by atoms with Gasteiger partial charge in [-0.25, -0.2) is 4.68 Å². The Kier molecular flexibility index (Phi) is 7.94. The van der Waals surface area contributed by atoms with Crippen molar-refractivity contribution in [2.75, 3.05) is 16.1 Å². The van der Waals surface area contributed by atoms with E-state index in [4.69, 9.17) is 11.6 Å². The Balaban J connectivity index is 1.55. The van der Waals surface area contributed by atoms with E-state index in [9.17, 15) is 14.4 Å². The van der Waals surface area contributed by atoms with Gasteiger partial charge >= 0.3 is 11.8 Å². The maximum Gasteiger partial charge on any atom is 0.328 e. The van der Waals surface area contributed by atoms with Crippen LogP contribution in [0.4, 0.5) is 11.4 Å². The standard InChI is InChI=1S/C29H29ClN4O3/c1-4-5-6-20-8-12-23(13-9-20)31-28(36)29(37)33-34-25-14-10-22(30)16-21(25)17-26(34)27(35)32-24-11-7-18(2)19(3)15-24/h7-17H,4-6H2,1-3H3,(H,31,36)(H,32,35)(H,33,37). The molecule has 190 valence electrons. The highest BCUT2D eigenvalue weighted by molar-refractivity contribution is 6.42. The predicted octanol–water partition coefficient (Wildman–Crippen LogP) is 6.22. The molecule has 4 rings (SSSR count). The summed E-state index contributed by atoms with van der Waals surface area (Å²) in [5.74, 6) is -2.21. The number of carbonyl (C=O) groups is 3. The van der Waals surface area contributed by atoms with Crippen LogP contribution in [0.15, 0.2) is 66.7 Å². The molecular weight excluding hydrogens is 488 g/mol. The first-order valence-electron chi connectivity index (χ1n) is 12.2. The van der Waals surface area contributed by atoms with Gasteiger partial charge in [0.15, 0.2) is 0 Å². The van der Waals surface area contributed by atoms with Crippen molar-refractivity contribution in [3.05, 3.63) is 94.1 Å². The maximum absolute atomic E-state index is 13.2. The van der Waals surface area contributed by atoms with E-state index >= 15 is 0 Å². The van der Waals surface area contributed by atoms with E-state index in [1.165, 1.54) is 10.2 Å². The van der Waals surface area contributed by atoms with Crippen LogP contribution in [0.25, 0.3) is 10.9 Å². The number of benzene rings is 3. The molecule has 0 spiro atoms. The molecule has 0 bridgehead atoms. The lowest BCUT2D eigenvalue weighted by Crippen LogP contribution is -2.36. The summed E-state index contributed by atoms with van der Waals surface area (Å²) in [6, 6.07) is 19.6. The van der Waals surface area contributed by atoms with Crippen LogP contribution < -0.4 is 16.1 Å². The summed E-state index contributed by atoms with van der Waals surface area (Å²) in [5.41, 5.74) is 7.68. The van der Waals surface area contributed by atoms with Crippen LogP contribution in [-0.2, 0) is 16.0 Å². The van der Waals surface area contributed by atoms with Crippen LogP contribution in [0.3, 0.4) is 0 Å². The minimum Gasteiger partial charge on any atom is -0.321 e. The van der Waals surface area contributed by atoms with Gasteiger partial charge in [-0.3, -0.25) is 19.8 Å². The Bertz CT molecular complexity index is 1470. The van der Waals surface area contributed by atoms with Gasteiger partial charge in [-0.2, -0.15) is 0 Å². The summed E-state index contributed by atoms with van der Waals surface area (Å²) < 4.78 is 1.30. The van der Waals surface area contributed by atoms with E-state index in [1.54, 1.807) is 36.4 Å². The molecule has 0 unspecified atom stereocenters. The third-order valence-electron chi connectivity index (χ3n) is 6.21. The fourth-order valence-electron chi connectivity index (χ4n) is 3.96. The van der Waals surface area contributed by atoms with Gasteiger partial charge in [0, 0.05) is 21.8 Å². The number of rotatable bonds is 7. The molecule has 3 N–H and O–H groups in total. The molecule has 0 saturated heterocycles. The van der Waals surface area contributed by atoms with E-state index in [1.807, 2.05) is 44.2 Å². The molecule has 4 aromatic rings. The third kappa shape index (κ3) is 6.19. The minimum atomic E-state index is -0.914. The first-order chi connectivity index (χ1) is 17.7. The third-order valence-corrected chi connectivity index (χ3v) is 6.45. The average molecular weight is 517 g/mol. The van der Waals surface area contributed by atoms with Crippen LogP contribution >= 0.6 is 11.6 Å². The highest BCUT2D eigenvalue weighted by atomic mass is 35.5. The first-order valence-corrected chi connectivity index (χ1v) is 12.5. The van der Waals surface area contributed by atoms with Gasteiger partial charge in [0.2, 0.25) is 0 Å². The molecule has 0 radical (unpaired) electrons. The monoisotopic (exact) mass is 516 g/mol. The fourth-order valence-corrected chi connectivity index (χ4v) is 4.14.